The summed E-state index contributed by atoms with van der Waals surface area (Å²) in [6, 6.07) is 1.20. The molecule has 1 aromatic rings. The Bertz CT molecular complexity index is 459. The number of halogens is 3. The molecule has 0 saturated carbocycles. The van der Waals surface area contributed by atoms with E-state index in [-0.39, 0.29) is 17.9 Å². The molecule has 1 fully saturated rings. The third-order valence-electron chi connectivity index (χ3n) is 3.57. The van der Waals surface area contributed by atoms with Gasteiger partial charge in [-0.25, -0.2) is 13.2 Å². The van der Waals surface area contributed by atoms with Crippen molar-refractivity contribution in [2.24, 2.45) is 5.92 Å². The smallest absolute Gasteiger partial charge is 0.227 e. The third-order valence-corrected chi connectivity index (χ3v) is 3.57. The van der Waals surface area contributed by atoms with Gasteiger partial charge in [0.05, 0.1) is 6.42 Å². The van der Waals surface area contributed by atoms with E-state index in [2.05, 4.69) is 6.92 Å². The standard InChI is InChI=1S/C14H16F3NO/c1-9-2-4-18(5-3-9)14(19)8-11-12(16)6-10(15)7-13(11)17/h6-7,9H,2-5,8H2,1H3. The third kappa shape index (κ3) is 3.28. The van der Waals surface area contributed by atoms with Crippen molar-refractivity contribution in [2.45, 2.75) is 26.2 Å². The molecule has 1 saturated heterocycles. The summed E-state index contributed by atoms with van der Waals surface area (Å²) in [7, 11) is 0. The Labute approximate surface area is 110 Å². The van der Waals surface area contributed by atoms with Crippen molar-refractivity contribution >= 4 is 5.91 Å². The van der Waals surface area contributed by atoms with Gasteiger partial charge in [0.2, 0.25) is 5.91 Å². The fraction of sp³-hybridized carbons (Fsp3) is 0.500. The van der Waals surface area contributed by atoms with E-state index in [1.165, 1.54) is 0 Å². The van der Waals surface area contributed by atoms with Gasteiger partial charge < -0.3 is 4.90 Å². The second-order valence-electron chi connectivity index (χ2n) is 5.09. The summed E-state index contributed by atoms with van der Waals surface area (Å²) < 4.78 is 39.7. The fourth-order valence-corrected chi connectivity index (χ4v) is 2.26. The zero-order valence-corrected chi connectivity index (χ0v) is 10.8. The molecular weight excluding hydrogens is 255 g/mol. The van der Waals surface area contributed by atoms with Crippen LogP contribution in [-0.2, 0) is 11.2 Å². The fourth-order valence-electron chi connectivity index (χ4n) is 2.26. The quantitative estimate of drug-likeness (QED) is 0.810. The number of hydrogen-bond donors (Lipinski definition) is 0. The second-order valence-corrected chi connectivity index (χ2v) is 5.09. The number of amides is 1. The molecule has 0 N–H and O–H groups in total. The Kier molecular flexibility index (Phi) is 4.12. The predicted molar refractivity (Wildman–Crippen MR) is 65.0 cm³/mol. The van der Waals surface area contributed by atoms with Gasteiger partial charge in [-0.1, -0.05) is 6.92 Å². The highest BCUT2D eigenvalue weighted by molar-refractivity contribution is 5.79. The molecule has 104 valence electrons. The number of carbonyl (C=O) groups excluding carboxylic acids is 1. The molecule has 0 bridgehead atoms. The first-order chi connectivity index (χ1) is 8.97. The molecule has 1 aliphatic rings. The average molecular weight is 271 g/mol. The molecule has 0 aliphatic carbocycles. The highest BCUT2D eigenvalue weighted by atomic mass is 19.1. The van der Waals surface area contributed by atoms with E-state index in [0.29, 0.717) is 31.1 Å². The number of rotatable bonds is 2. The predicted octanol–water partition coefficient (Wildman–Crippen LogP) is 2.90. The van der Waals surface area contributed by atoms with Crippen LogP contribution in [0.25, 0.3) is 0 Å². The first kappa shape index (κ1) is 13.9. The van der Waals surface area contributed by atoms with E-state index in [9.17, 15) is 18.0 Å². The first-order valence-electron chi connectivity index (χ1n) is 6.38. The van der Waals surface area contributed by atoms with Gasteiger partial charge in [0, 0.05) is 30.8 Å². The van der Waals surface area contributed by atoms with Crippen LogP contribution in [0.5, 0.6) is 0 Å². The molecule has 0 unspecified atom stereocenters. The first-order valence-corrected chi connectivity index (χ1v) is 6.38. The number of benzene rings is 1. The lowest BCUT2D eigenvalue weighted by Gasteiger charge is -2.30. The van der Waals surface area contributed by atoms with Crippen molar-refractivity contribution in [1.82, 2.24) is 4.90 Å². The molecule has 1 aliphatic heterocycles. The summed E-state index contributed by atoms with van der Waals surface area (Å²) in [5, 5.41) is 0. The largest absolute Gasteiger partial charge is 0.342 e. The average Bonchev–Trinajstić information content (AvgIpc) is 2.34. The van der Waals surface area contributed by atoms with Gasteiger partial charge in [-0.3, -0.25) is 4.79 Å². The van der Waals surface area contributed by atoms with Crippen LogP contribution >= 0.6 is 0 Å². The molecule has 0 atom stereocenters. The van der Waals surface area contributed by atoms with Crippen LogP contribution in [0.3, 0.4) is 0 Å². The van der Waals surface area contributed by atoms with Gasteiger partial charge in [0.15, 0.2) is 0 Å². The molecule has 0 aromatic heterocycles. The zero-order valence-electron chi connectivity index (χ0n) is 10.8. The summed E-state index contributed by atoms with van der Waals surface area (Å²) in [5.41, 5.74) is -0.356. The minimum Gasteiger partial charge on any atom is -0.342 e. The Balaban J connectivity index is 2.07. The minimum absolute atomic E-state index is 0.309. The molecule has 1 amide bonds. The van der Waals surface area contributed by atoms with Gasteiger partial charge in [0.25, 0.3) is 0 Å². The maximum absolute atomic E-state index is 13.5. The van der Waals surface area contributed by atoms with Gasteiger partial charge >= 0.3 is 0 Å². The van der Waals surface area contributed by atoms with Crippen molar-refractivity contribution < 1.29 is 18.0 Å². The van der Waals surface area contributed by atoms with E-state index >= 15 is 0 Å². The summed E-state index contributed by atoms with van der Waals surface area (Å²) in [5.74, 6) is -2.72. The maximum atomic E-state index is 13.5. The molecule has 1 heterocycles. The van der Waals surface area contributed by atoms with Crippen LogP contribution in [0.1, 0.15) is 25.3 Å². The Morgan fingerprint density at radius 1 is 1.21 bits per heavy atom. The lowest BCUT2D eigenvalue weighted by molar-refractivity contribution is -0.131. The summed E-state index contributed by atoms with van der Waals surface area (Å²) in [6.07, 6.45) is 1.45. The van der Waals surface area contributed by atoms with E-state index in [1.807, 2.05) is 0 Å². The van der Waals surface area contributed by atoms with Crippen LogP contribution < -0.4 is 0 Å². The molecule has 2 nitrogen and oxygen atoms in total. The monoisotopic (exact) mass is 271 g/mol. The Morgan fingerprint density at radius 3 is 2.26 bits per heavy atom. The molecule has 2 rings (SSSR count). The summed E-state index contributed by atoms with van der Waals surface area (Å²) in [6.45, 7) is 3.34. The maximum Gasteiger partial charge on any atom is 0.227 e. The number of carbonyl (C=O) groups is 1. The molecule has 5 heteroatoms. The minimum atomic E-state index is -1.00. The van der Waals surface area contributed by atoms with Crippen molar-refractivity contribution in [2.75, 3.05) is 13.1 Å². The highest BCUT2D eigenvalue weighted by Crippen LogP contribution is 2.19. The molecular formula is C14H16F3NO. The number of piperidine rings is 1. The van der Waals surface area contributed by atoms with Crippen molar-refractivity contribution in [3.63, 3.8) is 0 Å². The molecule has 1 aromatic carbocycles. The lowest BCUT2D eigenvalue weighted by atomic mass is 9.98. The van der Waals surface area contributed by atoms with Crippen LogP contribution in [0, 0.1) is 23.4 Å². The zero-order chi connectivity index (χ0) is 14.0. The normalized spacial score (nSPS) is 16.7. The summed E-state index contributed by atoms with van der Waals surface area (Å²) >= 11 is 0. The van der Waals surface area contributed by atoms with Gasteiger partial charge in [0.1, 0.15) is 17.5 Å². The van der Waals surface area contributed by atoms with E-state index < -0.39 is 17.5 Å². The molecule has 19 heavy (non-hydrogen) atoms. The van der Waals surface area contributed by atoms with Crippen molar-refractivity contribution in [1.29, 1.82) is 0 Å². The molecule has 0 spiro atoms. The topological polar surface area (TPSA) is 20.3 Å². The molecule has 0 radical (unpaired) electrons. The van der Waals surface area contributed by atoms with Crippen molar-refractivity contribution in [3.8, 4) is 0 Å². The Hall–Kier alpha value is -1.52. The van der Waals surface area contributed by atoms with Crippen molar-refractivity contribution in [3.05, 3.63) is 35.1 Å². The van der Waals surface area contributed by atoms with Crippen LogP contribution in [-0.4, -0.2) is 23.9 Å². The van der Waals surface area contributed by atoms with Crippen LogP contribution in [0.4, 0.5) is 13.2 Å². The van der Waals surface area contributed by atoms with E-state index in [0.717, 1.165) is 12.8 Å². The highest BCUT2D eigenvalue weighted by Gasteiger charge is 2.23. The van der Waals surface area contributed by atoms with Gasteiger partial charge in [-0.15, -0.1) is 0 Å². The number of nitrogens with zero attached hydrogens (tertiary/aromatic N) is 1. The second kappa shape index (κ2) is 5.63. The SMILES string of the molecule is CC1CCN(C(=O)Cc2c(F)cc(F)cc2F)CC1. The Morgan fingerprint density at radius 2 is 1.74 bits per heavy atom. The lowest BCUT2D eigenvalue weighted by Crippen LogP contribution is -2.39. The summed E-state index contributed by atoms with van der Waals surface area (Å²) in [4.78, 5) is 13.6. The van der Waals surface area contributed by atoms with Gasteiger partial charge in [-0.05, 0) is 18.8 Å². The van der Waals surface area contributed by atoms with Crippen LogP contribution in [0.2, 0.25) is 0 Å². The van der Waals surface area contributed by atoms with E-state index in [4.69, 9.17) is 0 Å². The number of hydrogen-bond acceptors (Lipinski definition) is 1. The number of likely N-dealkylation sites (tertiary alicyclic amines) is 1. The van der Waals surface area contributed by atoms with Crippen LogP contribution in [0.15, 0.2) is 12.1 Å². The van der Waals surface area contributed by atoms with Gasteiger partial charge in [-0.2, -0.15) is 0 Å². The van der Waals surface area contributed by atoms with E-state index in [1.54, 1.807) is 4.90 Å².